The van der Waals surface area contributed by atoms with Gasteiger partial charge in [-0.2, -0.15) is 0 Å². The Balaban J connectivity index is 2.23. The molecule has 3 aromatic rings. The molecule has 4 heteroatoms. The maximum atomic E-state index is 5.46. The molecule has 2 aromatic carbocycles. The van der Waals surface area contributed by atoms with Crippen LogP contribution in [0.25, 0.3) is 22.4 Å². The Labute approximate surface area is 118 Å². The second kappa shape index (κ2) is 4.61. The third-order valence-electron chi connectivity index (χ3n) is 2.82. The van der Waals surface area contributed by atoms with E-state index in [0.717, 1.165) is 31.7 Å². The predicted molar refractivity (Wildman–Crippen MR) is 80.8 cm³/mol. The Bertz CT molecular complexity index is 673. The summed E-state index contributed by atoms with van der Waals surface area (Å²) in [5.41, 5.74) is 2.99. The molecule has 0 aliphatic carbocycles. The molecule has 1 heterocycles. The van der Waals surface area contributed by atoms with E-state index in [0.29, 0.717) is 0 Å². The number of H-pyrrole nitrogens is 1. The van der Waals surface area contributed by atoms with Crippen molar-refractivity contribution in [2.24, 2.45) is 0 Å². The van der Waals surface area contributed by atoms with Crippen LogP contribution in [0.15, 0.2) is 42.5 Å². The first-order chi connectivity index (χ1) is 8.79. The number of ether oxygens (including phenoxy) is 1. The summed E-state index contributed by atoms with van der Waals surface area (Å²) < 4.78 is 6.54. The minimum Gasteiger partial charge on any atom is -0.495 e. The highest BCUT2D eigenvalue weighted by molar-refractivity contribution is 14.1. The van der Waals surface area contributed by atoms with Crippen LogP contribution in [-0.2, 0) is 0 Å². The number of methoxy groups -OCH3 is 1. The molecule has 0 atom stereocenters. The number of hydrogen-bond acceptors (Lipinski definition) is 2. The fourth-order valence-electron chi connectivity index (χ4n) is 1.98. The van der Waals surface area contributed by atoms with Gasteiger partial charge in [0.05, 0.1) is 27.3 Å². The molecule has 0 radical (unpaired) electrons. The van der Waals surface area contributed by atoms with Gasteiger partial charge in [0.1, 0.15) is 11.6 Å². The van der Waals surface area contributed by atoms with Crippen LogP contribution >= 0.6 is 22.6 Å². The quantitative estimate of drug-likeness (QED) is 0.713. The van der Waals surface area contributed by atoms with E-state index in [2.05, 4.69) is 32.6 Å². The number of aromatic amines is 1. The van der Waals surface area contributed by atoms with Gasteiger partial charge in [0.15, 0.2) is 0 Å². The number of hydrogen-bond donors (Lipinski definition) is 1. The molecule has 0 aliphatic rings. The summed E-state index contributed by atoms with van der Waals surface area (Å²) in [6.07, 6.45) is 0. The SMILES string of the molecule is COc1c(I)cccc1-c1nc2ccccc2[nH]1. The summed E-state index contributed by atoms with van der Waals surface area (Å²) in [6, 6.07) is 14.0. The fourth-order valence-corrected chi connectivity index (χ4v) is 2.70. The molecule has 3 rings (SSSR count). The third kappa shape index (κ3) is 1.86. The van der Waals surface area contributed by atoms with E-state index in [9.17, 15) is 0 Å². The zero-order valence-electron chi connectivity index (χ0n) is 9.77. The summed E-state index contributed by atoms with van der Waals surface area (Å²) >= 11 is 2.26. The first kappa shape index (κ1) is 11.5. The summed E-state index contributed by atoms with van der Waals surface area (Å²) in [5, 5.41) is 0. The Morgan fingerprint density at radius 2 is 1.94 bits per heavy atom. The van der Waals surface area contributed by atoms with Crippen LogP contribution in [0.4, 0.5) is 0 Å². The number of aromatic nitrogens is 2. The van der Waals surface area contributed by atoms with Gasteiger partial charge >= 0.3 is 0 Å². The first-order valence-corrected chi connectivity index (χ1v) is 6.65. The maximum absolute atomic E-state index is 5.46. The standard InChI is InChI=1S/C14H11IN2O/c1-18-13-9(5-4-6-10(13)15)14-16-11-7-2-3-8-12(11)17-14/h2-8H,1H3,(H,16,17). The molecule has 0 aliphatic heterocycles. The van der Waals surface area contributed by atoms with Crippen LogP contribution in [0.3, 0.4) is 0 Å². The lowest BCUT2D eigenvalue weighted by molar-refractivity contribution is 0.413. The minimum absolute atomic E-state index is 0.839. The number of rotatable bonds is 2. The van der Waals surface area contributed by atoms with E-state index < -0.39 is 0 Å². The molecule has 3 nitrogen and oxygen atoms in total. The van der Waals surface area contributed by atoms with Crippen molar-refractivity contribution in [1.29, 1.82) is 0 Å². The topological polar surface area (TPSA) is 37.9 Å². The van der Waals surface area contributed by atoms with Gasteiger partial charge in [-0.3, -0.25) is 0 Å². The summed E-state index contributed by atoms with van der Waals surface area (Å²) in [7, 11) is 1.68. The average molecular weight is 350 g/mol. The van der Waals surface area contributed by atoms with Crippen LogP contribution in [0.1, 0.15) is 0 Å². The van der Waals surface area contributed by atoms with Gasteiger partial charge in [0.2, 0.25) is 0 Å². The Hall–Kier alpha value is -1.56. The molecule has 0 saturated heterocycles. The van der Waals surface area contributed by atoms with Crippen molar-refractivity contribution < 1.29 is 4.74 Å². The highest BCUT2D eigenvalue weighted by atomic mass is 127. The van der Waals surface area contributed by atoms with Crippen molar-refractivity contribution in [1.82, 2.24) is 9.97 Å². The summed E-state index contributed by atoms with van der Waals surface area (Å²) in [5.74, 6) is 1.70. The maximum Gasteiger partial charge on any atom is 0.143 e. The lowest BCUT2D eigenvalue weighted by Crippen LogP contribution is -1.91. The first-order valence-electron chi connectivity index (χ1n) is 5.57. The number of nitrogens with one attached hydrogen (secondary N) is 1. The summed E-state index contributed by atoms with van der Waals surface area (Å²) in [6.45, 7) is 0. The van der Waals surface area contributed by atoms with E-state index in [1.165, 1.54) is 0 Å². The van der Waals surface area contributed by atoms with Gasteiger partial charge in [-0.25, -0.2) is 4.98 Å². The van der Waals surface area contributed by atoms with Crippen molar-refractivity contribution in [2.75, 3.05) is 7.11 Å². The van der Waals surface area contributed by atoms with Crippen molar-refractivity contribution in [3.63, 3.8) is 0 Å². The lowest BCUT2D eigenvalue weighted by atomic mass is 10.2. The van der Waals surface area contributed by atoms with Gasteiger partial charge < -0.3 is 9.72 Å². The Morgan fingerprint density at radius 3 is 2.72 bits per heavy atom. The number of imidazole rings is 1. The van der Waals surface area contributed by atoms with E-state index in [1.54, 1.807) is 7.11 Å². The highest BCUT2D eigenvalue weighted by Gasteiger charge is 2.12. The van der Waals surface area contributed by atoms with Crippen molar-refractivity contribution in [2.45, 2.75) is 0 Å². The van der Waals surface area contributed by atoms with Gasteiger partial charge in [-0.15, -0.1) is 0 Å². The number of nitrogens with zero attached hydrogens (tertiary/aromatic N) is 1. The molecule has 0 unspecified atom stereocenters. The number of para-hydroxylation sites is 3. The minimum atomic E-state index is 0.839. The zero-order valence-corrected chi connectivity index (χ0v) is 11.9. The lowest BCUT2D eigenvalue weighted by Gasteiger charge is -2.07. The number of halogens is 1. The second-order valence-electron chi connectivity index (χ2n) is 3.92. The second-order valence-corrected chi connectivity index (χ2v) is 5.09. The third-order valence-corrected chi connectivity index (χ3v) is 3.67. The largest absolute Gasteiger partial charge is 0.495 e. The monoisotopic (exact) mass is 350 g/mol. The number of fused-ring (bicyclic) bond motifs is 1. The van der Waals surface area contributed by atoms with Gasteiger partial charge in [0, 0.05) is 0 Å². The molecule has 90 valence electrons. The van der Waals surface area contributed by atoms with E-state index >= 15 is 0 Å². The molecule has 1 aromatic heterocycles. The molecule has 0 spiro atoms. The van der Waals surface area contributed by atoms with E-state index in [4.69, 9.17) is 4.74 Å². The zero-order chi connectivity index (χ0) is 12.5. The molecule has 1 N–H and O–H groups in total. The Kier molecular flexibility index (Phi) is 2.95. The molecular formula is C14H11IN2O. The summed E-state index contributed by atoms with van der Waals surface area (Å²) in [4.78, 5) is 7.91. The number of benzene rings is 2. The smallest absolute Gasteiger partial charge is 0.143 e. The van der Waals surface area contributed by atoms with Crippen molar-refractivity contribution in [3.8, 4) is 17.1 Å². The average Bonchev–Trinajstić information content (AvgIpc) is 2.82. The van der Waals surface area contributed by atoms with Crippen LogP contribution < -0.4 is 4.74 Å². The van der Waals surface area contributed by atoms with Crippen LogP contribution in [0.2, 0.25) is 0 Å². The fraction of sp³-hybridized carbons (Fsp3) is 0.0714. The molecule has 0 bridgehead atoms. The van der Waals surface area contributed by atoms with Gasteiger partial charge in [-0.1, -0.05) is 18.2 Å². The highest BCUT2D eigenvalue weighted by Crippen LogP contribution is 2.33. The predicted octanol–water partition coefficient (Wildman–Crippen LogP) is 3.84. The molecule has 18 heavy (non-hydrogen) atoms. The normalized spacial score (nSPS) is 10.8. The Morgan fingerprint density at radius 1 is 1.11 bits per heavy atom. The molecular weight excluding hydrogens is 339 g/mol. The van der Waals surface area contributed by atoms with Gasteiger partial charge in [-0.05, 0) is 46.9 Å². The van der Waals surface area contributed by atoms with Crippen LogP contribution in [0.5, 0.6) is 5.75 Å². The van der Waals surface area contributed by atoms with Crippen LogP contribution in [-0.4, -0.2) is 17.1 Å². The molecule has 0 fully saturated rings. The van der Waals surface area contributed by atoms with E-state index in [-0.39, 0.29) is 0 Å². The van der Waals surface area contributed by atoms with Crippen molar-refractivity contribution in [3.05, 3.63) is 46.0 Å². The molecule has 0 saturated carbocycles. The van der Waals surface area contributed by atoms with Gasteiger partial charge in [0.25, 0.3) is 0 Å². The molecule has 0 amide bonds. The van der Waals surface area contributed by atoms with Crippen molar-refractivity contribution >= 4 is 33.6 Å². The van der Waals surface area contributed by atoms with Crippen LogP contribution in [0, 0.1) is 3.57 Å². The van der Waals surface area contributed by atoms with E-state index in [1.807, 2.05) is 42.5 Å².